The highest BCUT2D eigenvalue weighted by molar-refractivity contribution is 6.31. The minimum atomic E-state index is -0.0169. The molecule has 2 N–H and O–H groups in total. The van der Waals surface area contributed by atoms with Gasteiger partial charge in [0.05, 0.1) is 18.6 Å². The molecule has 0 aliphatic rings. The molecule has 102 valence electrons. The topological polar surface area (TPSA) is 42.4 Å². The van der Waals surface area contributed by atoms with Gasteiger partial charge in [-0.2, -0.15) is 0 Å². The number of hydrogen-bond donors (Lipinski definition) is 1. The molecule has 4 heteroatoms. The number of rotatable bonds is 5. The van der Waals surface area contributed by atoms with E-state index in [0.29, 0.717) is 0 Å². The SMILES string of the molecule is CC(N)C(c1ccccc1Cl)N(C)Cc1ccoc1. The smallest absolute Gasteiger partial charge is 0.0947 e. The van der Waals surface area contributed by atoms with Crippen LogP contribution < -0.4 is 5.73 Å². The van der Waals surface area contributed by atoms with E-state index in [0.717, 1.165) is 22.7 Å². The van der Waals surface area contributed by atoms with E-state index in [4.69, 9.17) is 21.8 Å². The lowest BCUT2D eigenvalue weighted by molar-refractivity contribution is 0.210. The van der Waals surface area contributed by atoms with Crippen LogP contribution in [0.4, 0.5) is 0 Å². The quantitative estimate of drug-likeness (QED) is 0.911. The van der Waals surface area contributed by atoms with Gasteiger partial charge in [0.25, 0.3) is 0 Å². The first-order valence-electron chi connectivity index (χ1n) is 6.31. The fourth-order valence-electron chi connectivity index (χ4n) is 2.41. The zero-order valence-corrected chi connectivity index (χ0v) is 12.0. The number of nitrogens with zero attached hydrogens (tertiary/aromatic N) is 1. The zero-order chi connectivity index (χ0) is 13.8. The van der Waals surface area contributed by atoms with Crippen molar-refractivity contribution in [2.24, 2.45) is 5.73 Å². The normalized spacial score (nSPS) is 14.6. The predicted molar refractivity (Wildman–Crippen MR) is 78.0 cm³/mol. The van der Waals surface area contributed by atoms with Crippen molar-refractivity contribution in [2.75, 3.05) is 7.05 Å². The van der Waals surface area contributed by atoms with Crippen molar-refractivity contribution in [3.8, 4) is 0 Å². The largest absolute Gasteiger partial charge is 0.472 e. The maximum Gasteiger partial charge on any atom is 0.0947 e. The molecule has 3 nitrogen and oxygen atoms in total. The molecule has 1 heterocycles. The van der Waals surface area contributed by atoms with Crippen molar-refractivity contribution in [3.63, 3.8) is 0 Å². The predicted octanol–water partition coefficient (Wildman–Crippen LogP) is 3.45. The summed E-state index contributed by atoms with van der Waals surface area (Å²) in [6, 6.07) is 9.87. The van der Waals surface area contributed by atoms with Gasteiger partial charge in [-0.25, -0.2) is 0 Å². The van der Waals surface area contributed by atoms with Crippen LogP contribution >= 0.6 is 11.6 Å². The first-order valence-corrected chi connectivity index (χ1v) is 6.68. The Morgan fingerprint density at radius 2 is 2.05 bits per heavy atom. The number of halogens is 1. The third kappa shape index (κ3) is 3.38. The second-order valence-electron chi connectivity index (χ2n) is 4.87. The van der Waals surface area contributed by atoms with Gasteiger partial charge in [0, 0.05) is 23.2 Å². The van der Waals surface area contributed by atoms with Gasteiger partial charge in [-0.05, 0) is 31.7 Å². The van der Waals surface area contributed by atoms with E-state index in [-0.39, 0.29) is 12.1 Å². The van der Waals surface area contributed by atoms with Crippen molar-refractivity contribution >= 4 is 11.6 Å². The molecule has 0 spiro atoms. The molecule has 2 aromatic rings. The molecule has 0 aliphatic heterocycles. The highest BCUT2D eigenvalue weighted by Crippen LogP contribution is 2.29. The van der Waals surface area contributed by atoms with E-state index >= 15 is 0 Å². The van der Waals surface area contributed by atoms with Crippen LogP contribution in [0.15, 0.2) is 47.3 Å². The van der Waals surface area contributed by atoms with Crippen LogP contribution in [0.3, 0.4) is 0 Å². The number of nitrogens with two attached hydrogens (primary N) is 1. The van der Waals surface area contributed by atoms with Gasteiger partial charge in [-0.15, -0.1) is 0 Å². The summed E-state index contributed by atoms with van der Waals surface area (Å²) in [5.74, 6) is 0. The molecule has 0 radical (unpaired) electrons. The Labute approximate surface area is 119 Å². The standard InChI is InChI=1S/C15H19ClN2O/c1-11(17)15(13-5-3-4-6-14(13)16)18(2)9-12-7-8-19-10-12/h3-8,10-11,15H,9,17H2,1-2H3. The van der Waals surface area contributed by atoms with Gasteiger partial charge in [-0.1, -0.05) is 29.8 Å². The Kier molecular flexibility index (Phi) is 4.64. The van der Waals surface area contributed by atoms with E-state index in [9.17, 15) is 0 Å². The molecule has 0 saturated heterocycles. The summed E-state index contributed by atoms with van der Waals surface area (Å²) in [5, 5.41) is 0.754. The summed E-state index contributed by atoms with van der Waals surface area (Å²) >= 11 is 6.29. The summed E-state index contributed by atoms with van der Waals surface area (Å²) in [6.45, 7) is 2.77. The lowest BCUT2D eigenvalue weighted by Crippen LogP contribution is -2.37. The Balaban J connectivity index is 2.23. The Hall–Kier alpha value is -1.29. The molecule has 0 fully saturated rings. The fraction of sp³-hybridized carbons (Fsp3) is 0.333. The first-order chi connectivity index (χ1) is 9.09. The molecule has 2 unspecified atom stereocenters. The molecule has 19 heavy (non-hydrogen) atoms. The summed E-state index contributed by atoms with van der Waals surface area (Å²) < 4.78 is 5.10. The van der Waals surface area contributed by atoms with E-state index < -0.39 is 0 Å². The number of hydrogen-bond acceptors (Lipinski definition) is 3. The molecule has 2 rings (SSSR count). The number of benzene rings is 1. The van der Waals surface area contributed by atoms with E-state index in [1.807, 2.05) is 44.3 Å². The Morgan fingerprint density at radius 3 is 2.63 bits per heavy atom. The van der Waals surface area contributed by atoms with Crippen LogP contribution in [-0.4, -0.2) is 18.0 Å². The molecule has 0 amide bonds. The van der Waals surface area contributed by atoms with Crippen molar-refractivity contribution in [3.05, 3.63) is 59.0 Å². The second kappa shape index (κ2) is 6.24. The Bertz CT molecular complexity index is 511. The highest BCUT2D eigenvalue weighted by Gasteiger charge is 2.23. The van der Waals surface area contributed by atoms with Crippen molar-refractivity contribution in [1.82, 2.24) is 4.90 Å². The van der Waals surface area contributed by atoms with Crippen LogP contribution in [0.25, 0.3) is 0 Å². The molecule has 0 bridgehead atoms. The average molecular weight is 279 g/mol. The maximum absolute atomic E-state index is 6.29. The molecule has 2 atom stereocenters. The van der Waals surface area contributed by atoms with Crippen molar-refractivity contribution < 1.29 is 4.42 Å². The highest BCUT2D eigenvalue weighted by atomic mass is 35.5. The van der Waals surface area contributed by atoms with Gasteiger partial charge in [0.15, 0.2) is 0 Å². The van der Waals surface area contributed by atoms with Crippen molar-refractivity contribution in [1.29, 1.82) is 0 Å². The lowest BCUT2D eigenvalue weighted by atomic mass is 9.99. The third-order valence-electron chi connectivity index (χ3n) is 3.21. The summed E-state index contributed by atoms with van der Waals surface area (Å²) in [5.41, 5.74) is 8.33. The first kappa shape index (κ1) is 14.1. The van der Waals surface area contributed by atoms with Crippen molar-refractivity contribution in [2.45, 2.75) is 25.6 Å². The summed E-state index contributed by atoms with van der Waals surface area (Å²) in [6.07, 6.45) is 3.43. The Morgan fingerprint density at radius 1 is 1.32 bits per heavy atom. The maximum atomic E-state index is 6.29. The van der Waals surface area contributed by atoms with Crippen LogP contribution in [0.5, 0.6) is 0 Å². The summed E-state index contributed by atoms with van der Waals surface area (Å²) in [4.78, 5) is 2.19. The average Bonchev–Trinajstić information content (AvgIpc) is 2.84. The second-order valence-corrected chi connectivity index (χ2v) is 5.28. The molecular formula is C15H19ClN2O. The molecule has 1 aromatic carbocycles. The van der Waals surface area contributed by atoms with Crippen LogP contribution in [0, 0.1) is 0 Å². The minimum Gasteiger partial charge on any atom is -0.472 e. The van der Waals surface area contributed by atoms with Crippen LogP contribution in [0.1, 0.15) is 24.1 Å². The van der Waals surface area contributed by atoms with Gasteiger partial charge in [0.1, 0.15) is 0 Å². The number of furan rings is 1. The third-order valence-corrected chi connectivity index (χ3v) is 3.55. The van der Waals surface area contributed by atoms with E-state index in [1.165, 1.54) is 0 Å². The van der Waals surface area contributed by atoms with Gasteiger partial charge in [-0.3, -0.25) is 4.90 Å². The zero-order valence-electron chi connectivity index (χ0n) is 11.2. The summed E-state index contributed by atoms with van der Waals surface area (Å²) in [7, 11) is 2.05. The van der Waals surface area contributed by atoms with E-state index in [2.05, 4.69) is 4.90 Å². The monoisotopic (exact) mass is 278 g/mol. The van der Waals surface area contributed by atoms with E-state index in [1.54, 1.807) is 12.5 Å². The molecule has 0 aliphatic carbocycles. The molecule has 0 saturated carbocycles. The van der Waals surface area contributed by atoms with Gasteiger partial charge in [0.2, 0.25) is 0 Å². The minimum absolute atomic E-state index is 0.0169. The van der Waals surface area contributed by atoms with Gasteiger partial charge < -0.3 is 10.2 Å². The molecule has 1 aromatic heterocycles. The fourth-order valence-corrected chi connectivity index (χ4v) is 2.65. The lowest BCUT2D eigenvalue weighted by Gasteiger charge is -2.31. The van der Waals surface area contributed by atoms with Gasteiger partial charge >= 0.3 is 0 Å². The number of likely N-dealkylation sites (N-methyl/N-ethyl adjacent to an activating group) is 1. The van der Waals surface area contributed by atoms with Crippen LogP contribution in [0.2, 0.25) is 5.02 Å². The van der Waals surface area contributed by atoms with Crippen LogP contribution in [-0.2, 0) is 6.54 Å². The molecular weight excluding hydrogens is 260 g/mol.